The molecule has 19 heavy (non-hydrogen) atoms. The molecule has 0 bridgehead atoms. The van der Waals surface area contributed by atoms with Crippen LogP contribution in [0.2, 0.25) is 0 Å². The molecule has 0 fully saturated rings. The fraction of sp³-hybridized carbons (Fsp3) is 0.533. The lowest BCUT2D eigenvalue weighted by Gasteiger charge is -2.07. The summed E-state index contributed by atoms with van der Waals surface area (Å²) < 4.78 is 18.8. The number of nitrogen functional groups attached to an aromatic ring is 1. The Morgan fingerprint density at radius 2 is 1.95 bits per heavy atom. The first-order chi connectivity index (χ1) is 9.13. The number of hydrogen-bond acceptors (Lipinski definition) is 2. The lowest BCUT2D eigenvalue weighted by Crippen LogP contribution is -2.12. The lowest BCUT2D eigenvalue weighted by molar-refractivity contribution is 0.116. The largest absolute Gasteiger partial charge is 0.384 e. The van der Waals surface area contributed by atoms with Crippen LogP contribution in [0, 0.1) is 11.2 Å². The van der Waals surface area contributed by atoms with Crippen LogP contribution in [0.5, 0.6) is 0 Å². The third kappa shape index (κ3) is 6.34. The number of unbranched alkanes of at least 4 members (excludes halogenated alkanes) is 4. The molecule has 0 aliphatic heterocycles. The molecule has 0 heterocycles. The van der Waals surface area contributed by atoms with Crippen molar-refractivity contribution in [2.24, 2.45) is 5.73 Å². The molecule has 0 aliphatic rings. The Balaban J connectivity index is 2.31. The molecular weight excluding hydrogens is 243 g/mol. The van der Waals surface area contributed by atoms with Gasteiger partial charge in [-0.3, -0.25) is 5.41 Å². The monoisotopic (exact) mass is 266 g/mol. The molecule has 0 saturated carbocycles. The van der Waals surface area contributed by atoms with Crippen LogP contribution in [0.1, 0.15) is 50.2 Å². The highest BCUT2D eigenvalue weighted by atomic mass is 19.1. The van der Waals surface area contributed by atoms with Gasteiger partial charge in [0, 0.05) is 12.2 Å². The highest BCUT2D eigenvalue weighted by Gasteiger charge is 2.03. The summed E-state index contributed by atoms with van der Waals surface area (Å²) in [6, 6.07) is 4.38. The summed E-state index contributed by atoms with van der Waals surface area (Å²) in [5.74, 6) is -0.505. The van der Waals surface area contributed by atoms with E-state index in [4.69, 9.17) is 15.9 Å². The van der Waals surface area contributed by atoms with Crippen LogP contribution in [0.4, 0.5) is 4.39 Å². The molecule has 1 aromatic carbocycles. The summed E-state index contributed by atoms with van der Waals surface area (Å²) in [5.41, 5.74) is 6.48. The first-order valence-electron chi connectivity index (χ1n) is 6.85. The van der Waals surface area contributed by atoms with Crippen molar-refractivity contribution < 1.29 is 9.13 Å². The van der Waals surface area contributed by atoms with Crippen LogP contribution in [0.25, 0.3) is 0 Å². The van der Waals surface area contributed by atoms with Crippen LogP contribution in [-0.2, 0) is 11.3 Å². The van der Waals surface area contributed by atoms with E-state index in [-0.39, 0.29) is 11.7 Å². The molecule has 0 atom stereocenters. The first-order valence-corrected chi connectivity index (χ1v) is 6.85. The second kappa shape index (κ2) is 8.64. The van der Waals surface area contributed by atoms with Crippen LogP contribution in [-0.4, -0.2) is 12.4 Å². The van der Waals surface area contributed by atoms with E-state index in [9.17, 15) is 4.39 Å². The van der Waals surface area contributed by atoms with Crippen molar-refractivity contribution in [2.45, 2.75) is 45.6 Å². The van der Waals surface area contributed by atoms with Crippen LogP contribution in [0.15, 0.2) is 18.2 Å². The Bertz CT molecular complexity index is 407. The molecule has 3 nitrogen and oxygen atoms in total. The van der Waals surface area contributed by atoms with Gasteiger partial charge in [-0.1, -0.05) is 32.6 Å². The third-order valence-electron chi connectivity index (χ3n) is 2.93. The predicted molar refractivity (Wildman–Crippen MR) is 75.8 cm³/mol. The van der Waals surface area contributed by atoms with E-state index in [2.05, 4.69) is 6.92 Å². The van der Waals surface area contributed by atoms with E-state index in [1.165, 1.54) is 37.8 Å². The highest BCUT2D eigenvalue weighted by Crippen LogP contribution is 2.11. The number of hydrogen-bond donors (Lipinski definition) is 2. The van der Waals surface area contributed by atoms with Gasteiger partial charge in [-0.05, 0) is 30.2 Å². The number of halogens is 1. The Morgan fingerprint density at radius 1 is 1.21 bits per heavy atom. The quantitative estimate of drug-likeness (QED) is 0.407. The van der Waals surface area contributed by atoms with Crippen molar-refractivity contribution in [3.05, 3.63) is 35.1 Å². The van der Waals surface area contributed by atoms with Gasteiger partial charge >= 0.3 is 0 Å². The SMILES string of the molecule is CCCCCCCOCc1cc(F)cc(C(=N)N)c1. The fourth-order valence-electron chi connectivity index (χ4n) is 1.89. The van der Waals surface area contributed by atoms with Gasteiger partial charge in [0.1, 0.15) is 11.7 Å². The Kier molecular flexibility index (Phi) is 7.11. The van der Waals surface area contributed by atoms with E-state index < -0.39 is 0 Å². The molecule has 106 valence electrons. The molecule has 0 unspecified atom stereocenters. The number of ether oxygens (including phenoxy) is 1. The van der Waals surface area contributed by atoms with Crippen LogP contribution >= 0.6 is 0 Å². The van der Waals surface area contributed by atoms with Gasteiger partial charge in [-0.15, -0.1) is 0 Å². The van der Waals surface area contributed by atoms with E-state index in [1.807, 2.05) is 0 Å². The zero-order chi connectivity index (χ0) is 14.1. The van der Waals surface area contributed by atoms with Gasteiger partial charge in [0.05, 0.1) is 6.61 Å². The van der Waals surface area contributed by atoms with Crippen molar-refractivity contribution in [1.82, 2.24) is 0 Å². The molecule has 3 N–H and O–H groups in total. The molecule has 4 heteroatoms. The molecule has 1 aromatic rings. The Labute approximate surface area is 114 Å². The summed E-state index contributed by atoms with van der Waals surface area (Å²) in [6.07, 6.45) is 5.96. The minimum Gasteiger partial charge on any atom is -0.384 e. The maximum Gasteiger partial charge on any atom is 0.124 e. The Hall–Kier alpha value is -1.42. The number of benzene rings is 1. The lowest BCUT2D eigenvalue weighted by atomic mass is 10.1. The zero-order valence-electron chi connectivity index (χ0n) is 11.5. The summed E-state index contributed by atoms with van der Waals surface area (Å²) in [7, 11) is 0. The smallest absolute Gasteiger partial charge is 0.124 e. The molecule has 0 amide bonds. The van der Waals surface area contributed by atoms with Crippen LogP contribution in [0.3, 0.4) is 0 Å². The molecular formula is C15H23FN2O. The first kappa shape index (κ1) is 15.6. The average molecular weight is 266 g/mol. The van der Waals surface area contributed by atoms with Gasteiger partial charge in [-0.25, -0.2) is 4.39 Å². The molecule has 0 aromatic heterocycles. The van der Waals surface area contributed by atoms with Crippen molar-refractivity contribution in [2.75, 3.05) is 6.61 Å². The maximum absolute atomic E-state index is 13.3. The van der Waals surface area contributed by atoms with E-state index >= 15 is 0 Å². The van der Waals surface area contributed by atoms with Gasteiger partial charge in [0.25, 0.3) is 0 Å². The van der Waals surface area contributed by atoms with Gasteiger partial charge < -0.3 is 10.5 Å². The summed E-state index contributed by atoms with van der Waals surface area (Å²) >= 11 is 0. The fourth-order valence-corrected chi connectivity index (χ4v) is 1.89. The minimum absolute atomic E-state index is 0.125. The van der Waals surface area contributed by atoms with Gasteiger partial charge in [-0.2, -0.15) is 0 Å². The topological polar surface area (TPSA) is 59.1 Å². The third-order valence-corrected chi connectivity index (χ3v) is 2.93. The second-order valence-electron chi connectivity index (χ2n) is 4.73. The van der Waals surface area contributed by atoms with Crippen molar-refractivity contribution in [3.8, 4) is 0 Å². The molecule has 0 aliphatic carbocycles. The minimum atomic E-state index is -0.380. The highest BCUT2D eigenvalue weighted by molar-refractivity contribution is 5.95. The normalized spacial score (nSPS) is 10.6. The number of amidine groups is 1. The van der Waals surface area contributed by atoms with Crippen molar-refractivity contribution in [1.29, 1.82) is 5.41 Å². The number of nitrogens with two attached hydrogens (primary N) is 1. The summed E-state index contributed by atoms with van der Waals surface area (Å²) in [4.78, 5) is 0. The second-order valence-corrected chi connectivity index (χ2v) is 4.73. The molecule has 0 spiro atoms. The maximum atomic E-state index is 13.3. The van der Waals surface area contributed by atoms with E-state index in [0.717, 1.165) is 12.0 Å². The number of nitrogens with one attached hydrogen (secondary N) is 1. The average Bonchev–Trinajstić information content (AvgIpc) is 2.37. The van der Waals surface area contributed by atoms with Gasteiger partial charge in [0.2, 0.25) is 0 Å². The van der Waals surface area contributed by atoms with Crippen LogP contribution < -0.4 is 5.73 Å². The van der Waals surface area contributed by atoms with E-state index in [0.29, 0.717) is 18.8 Å². The van der Waals surface area contributed by atoms with E-state index in [1.54, 1.807) is 6.07 Å². The standard InChI is InChI=1S/C15H23FN2O/c1-2-3-4-5-6-7-19-11-12-8-13(15(17)18)10-14(16)9-12/h8-10H,2-7,11H2,1H3,(H3,17,18). The predicted octanol–water partition coefficient (Wildman–Crippen LogP) is 3.60. The van der Waals surface area contributed by atoms with Crippen molar-refractivity contribution >= 4 is 5.84 Å². The summed E-state index contributed by atoms with van der Waals surface area (Å²) in [6.45, 7) is 3.24. The summed E-state index contributed by atoms with van der Waals surface area (Å²) in [5, 5.41) is 7.31. The molecule has 1 rings (SSSR count). The molecule has 0 radical (unpaired) electrons. The molecule has 0 saturated heterocycles. The van der Waals surface area contributed by atoms with Gasteiger partial charge in [0.15, 0.2) is 0 Å². The Morgan fingerprint density at radius 3 is 2.63 bits per heavy atom. The zero-order valence-corrected chi connectivity index (χ0v) is 11.5. The van der Waals surface area contributed by atoms with Crippen molar-refractivity contribution in [3.63, 3.8) is 0 Å². The number of rotatable bonds is 9.